The maximum absolute atomic E-state index is 12.3. The quantitative estimate of drug-likeness (QED) is 0.379. The maximum Gasteiger partial charge on any atom is 0.234 e. The Morgan fingerprint density at radius 1 is 1.19 bits per heavy atom. The zero-order valence-electron chi connectivity index (χ0n) is 18.1. The van der Waals surface area contributed by atoms with E-state index in [0.717, 1.165) is 5.75 Å². The van der Waals surface area contributed by atoms with Gasteiger partial charge in [0.05, 0.1) is 11.4 Å². The number of rotatable bonds is 8. The summed E-state index contributed by atoms with van der Waals surface area (Å²) in [7, 11) is 0. The lowest BCUT2D eigenvalue weighted by Gasteiger charge is -2.19. The van der Waals surface area contributed by atoms with Crippen LogP contribution in [0.4, 0.5) is 5.69 Å². The van der Waals surface area contributed by atoms with Crippen molar-refractivity contribution in [1.82, 2.24) is 19.7 Å². The van der Waals surface area contributed by atoms with E-state index in [9.17, 15) is 4.79 Å². The summed E-state index contributed by atoms with van der Waals surface area (Å²) in [5.74, 6) is 1.47. The third-order valence-corrected chi connectivity index (χ3v) is 5.83. The molecular weight excluding hydrogens is 434 g/mol. The third kappa shape index (κ3) is 6.21. The molecule has 0 aliphatic carbocycles. The first-order valence-corrected chi connectivity index (χ1v) is 11.3. The molecule has 0 saturated carbocycles. The number of aromatic nitrogens is 4. The minimum absolute atomic E-state index is 0.0989. The number of carbonyl (C=O) groups is 1. The molecule has 3 rings (SSSR count). The number of nitrogens with zero attached hydrogens (tertiary/aromatic N) is 4. The lowest BCUT2D eigenvalue weighted by Crippen LogP contribution is -2.15. The predicted molar refractivity (Wildman–Crippen MR) is 124 cm³/mol. The molecule has 2 heterocycles. The van der Waals surface area contributed by atoms with E-state index >= 15 is 0 Å². The molecule has 0 fully saturated rings. The second-order valence-electron chi connectivity index (χ2n) is 7.88. The van der Waals surface area contributed by atoms with Crippen LogP contribution in [0, 0.1) is 0 Å². The lowest BCUT2D eigenvalue weighted by atomic mass is 9.87. The van der Waals surface area contributed by atoms with Gasteiger partial charge in [0.25, 0.3) is 0 Å². The molecule has 31 heavy (non-hydrogen) atoms. The molecule has 0 saturated heterocycles. The second kappa shape index (κ2) is 10.2. The van der Waals surface area contributed by atoms with E-state index in [0.29, 0.717) is 29.8 Å². The van der Waals surface area contributed by atoms with Crippen LogP contribution in [0.15, 0.2) is 47.8 Å². The van der Waals surface area contributed by atoms with Crippen LogP contribution < -0.4 is 10.1 Å². The average Bonchev–Trinajstić information content (AvgIpc) is 3.14. The lowest BCUT2D eigenvalue weighted by molar-refractivity contribution is -0.113. The van der Waals surface area contributed by atoms with Gasteiger partial charge in [0, 0.05) is 12.7 Å². The van der Waals surface area contributed by atoms with Gasteiger partial charge in [-0.3, -0.25) is 4.79 Å². The molecule has 1 N–H and O–H groups in total. The summed E-state index contributed by atoms with van der Waals surface area (Å²) in [6, 6.07) is 11.5. The van der Waals surface area contributed by atoms with Gasteiger partial charge in [-0.2, -0.15) is 0 Å². The Balaban J connectivity index is 1.57. The molecule has 7 nitrogen and oxygen atoms in total. The fraction of sp³-hybridized carbons (Fsp3) is 0.364. The number of pyridine rings is 1. The molecule has 0 spiro atoms. The summed E-state index contributed by atoms with van der Waals surface area (Å²) in [4.78, 5) is 16.2. The summed E-state index contributed by atoms with van der Waals surface area (Å²) < 4.78 is 7.84. The van der Waals surface area contributed by atoms with Crippen LogP contribution in [0.5, 0.6) is 5.75 Å². The number of thioether (sulfide) groups is 1. The van der Waals surface area contributed by atoms with Crippen molar-refractivity contribution in [2.24, 2.45) is 0 Å². The maximum atomic E-state index is 12.3. The van der Waals surface area contributed by atoms with Crippen molar-refractivity contribution in [3.05, 3.63) is 59.1 Å². The van der Waals surface area contributed by atoms with Crippen LogP contribution in [0.1, 0.15) is 39.1 Å². The van der Waals surface area contributed by atoms with E-state index in [1.165, 1.54) is 17.3 Å². The molecule has 0 radical (unpaired) electrons. The zero-order valence-corrected chi connectivity index (χ0v) is 19.6. The number of carbonyl (C=O) groups excluding carboxylic acids is 1. The number of ether oxygens (including phenoxy) is 1. The van der Waals surface area contributed by atoms with Crippen molar-refractivity contribution in [2.45, 2.75) is 51.4 Å². The summed E-state index contributed by atoms with van der Waals surface area (Å²) >= 11 is 7.29. The largest absolute Gasteiger partial charge is 0.486 e. The van der Waals surface area contributed by atoms with Gasteiger partial charge < -0.3 is 14.6 Å². The van der Waals surface area contributed by atoms with Crippen molar-refractivity contribution in [3.63, 3.8) is 0 Å². The van der Waals surface area contributed by atoms with Crippen LogP contribution in [0.3, 0.4) is 0 Å². The van der Waals surface area contributed by atoms with Gasteiger partial charge >= 0.3 is 0 Å². The normalized spacial score (nSPS) is 11.4. The van der Waals surface area contributed by atoms with Crippen LogP contribution in [0.2, 0.25) is 5.15 Å². The number of nitrogens with one attached hydrogen (secondary N) is 1. The van der Waals surface area contributed by atoms with E-state index in [1.807, 2.05) is 23.6 Å². The molecular formula is C22H26ClN5O2S. The summed E-state index contributed by atoms with van der Waals surface area (Å²) in [6.07, 6.45) is 1.57. The van der Waals surface area contributed by atoms with Crippen LogP contribution in [-0.4, -0.2) is 31.4 Å². The van der Waals surface area contributed by atoms with Crippen molar-refractivity contribution < 1.29 is 9.53 Å². The topological polar surface area (TPSA) is 81.9 Å². The van der Waals surface area contributed by atoms with Gasteiger partial charge in [-0.1, -0.05) is 56.3 Å². The first-order valence-electron chi connectivity index (χ1n) is 9.96. The number of hydrogen-bond acceptors (Lipinski definition) is 6. The molecule has 0 atom stereocenters. The summed E-state index contributed by atoms with van der Waals surface area (Å²) in [5, 5.41) is 12.1. The smallest absolute Gasteiger partial charge is 0.234 e. The number of benzene rings is 1. The second-order valence-corrected chi connectivity index (χ2v) is 9.19. The van der Waals surface area contributed by atoms with Gasteiger partial charge in [-0.15, -0.1) is 10.2 Å². The Morgan fingerprint density at radius 3 is 2.58 bits per heavy atom. The first kappa shape index (κ1) is 23.1. The van der Waals surface area contributed by atoms with Gasteiger partial charge in [-0.05, 0) is 42.2 Å². The minimum atomic E-state index is -0.192. The highest BCUT2D eigenvalue weighted by molar-refractivity contribution is 7.99. The van der Waals surface area contributed by atoms with Crippen molar-refractivity contribution in [3.8, 4) is 5.75 Å². The molecule has 0 aliphatic heterocycles. The number of halogens is 1. The molecule has 0 bridgehead atoms. The molecule has 9 heteroatoms. The molecule has 1 aromatic carbocycles. The highest BCUT2D eigenvalue weighted by atomic mass is 35.5. The minimum Gasteiger partial charge on any atom is -0.486 e. The Hall–Kier alpha value is -2.58. The molecule has 1 amide bonds. The number of amides is 1. The van der Waals surface area contributed by atoms with Crippen LogP contribution in [-0.2, 0) is 23.4 Å². The standard InChI is InChI=1S/C22H26ClN5O2S/c1-5-28-18(13-30-16-10-8-15(9-11-16)22(2,3)4)26-27-21(28)31-14-19(29)25-17-7-6-12-24-20(17)23/h6-12H,5,13-14H2,1-4H3,(H,25,29). The third-order valence-electron chi connectivity index (χ3n) is 4.56. The van der Waals surface area contributed by atoms with E-state index in [1.54, 1.807) is 18.3 Å². The Labute approximate surface area is 191 Å². The summed E-state index contributed by atoms with van der Waals surface area (Å²) in [5.41, 5.74) is 1.83. The van der Waals surface area contributed by atoms with E-state index < -0.39 is 0 Å². The Kier molecular flexibility index (Phi) is 7.56. The van der Waals surface area contributed by atoms with Gasteiger partial charge in [0.2, 0.25) is 5.91 Å². The molecule has 0 aliphatic rings. The van der Waals surface area contributed by atoms with Gasteiger partial charge in [0.1, 0.15) is 12.4 Å². The fourth-order valence-electron chi connectivity index (χ4n) is 2.84. The molecule has 0 unspecified atom stereocenters. The summed E-state index contributed by atoms with van der Waals surface area (Å²) in [6.45, 7) is 9.51. The molecule has 2 aromatic heterocycles. The fourth-order valence-corrected chi connectivity index (χ4v) is 3.83. The number of anilines is 1. The van der Waals surface area contributed by atoms with Crippen LogP contribution in [0.25, 0.3) is 0 Å². The van der Waals surface area contributed by atoms with Crippen molar-refractivity contribution >= 4 is 35.0 Å². The van der Waals surface area contributed by atoms with E-state index in [2.05, 4.69) is 53.4 Å². The predicted octanol–water partition coefficient (Wildman–Crippen LogP) is 4.95. The molecule has 3 aromatic rings. The zero-order chi connectivity index (χ0) is 22.4. The van der Waals surface area contributed by atoms with E-state index in [4.69, 9.17) is 16.3 Å². The highest BCUT2D eigenvalue weighted by Gasteiger charge is 2.16. The Bertz CT molecular complexity index is 1030. The molecule has 164 valence electrons. The highest BCUT2D eigenvalue weighted by Crippen LogP contribution is 2.25. The Morgan fingerprint density at radius 2 is 1.94 bits per heavy atom. The van der Waals surface area contributed by atoms with Crippen molar-refractivity contribution in [2.75, 3.05) is 11.1 Å². The van der Waals surface area contributed by atoms with Gasteiger partial charge in [0.15, 0.2) is 16.1 Å². The first-order chi connectivity index (χ1) is 14.8. The SMILES string of the molecule is CCn1c(COc2ccc(C(C)(C)C)cc2)nnc1SCC(=O)Nc1cccnc1Cl. The van der Waals surface area contributed by atoms with Gasteiger partial charge in [-0.25, -0.2) is 4.98 Å². The van der Waals surface area contributed by atoms with Crippen LogP contribution >= 0.6 is 23.4 Å². The van der Waals surface area contributed by atoms with Crippen molar-refractivity contribution in [1.29, 1.82) is 0 Å². The average molecular weight is 460 g/mol. The number of hydrogen-bond donors (Lipinski definition) is 1. The van der Waals surface area contributed by atoms with E-state index in [-0.39, 0.29) is 22.2 Å². The monoisotopic (exact) mass is 459 g/mol.